The van der Waals surface area contributed by atoms with E-state index in [1.807, 2.05) is 55.4 Å². The van der Waals surface area contributed by atoms with Gasteiger partial charge in [-0.3, -0.25) is 4.79 Å². The molecule has 1 aliphatic heterocycles. The Bertz CT molecular complexity index is 706. The van der Waals surface area contributed by atoms with Gasteiger partial charge in [0.15, 0.2) is 0 Å². The number of amides is 1. The number of carbonyl (C=O) groups excluding carboxylic acids is 1. The Morgan fingerprint density at radius 2 is 1.96 bits per heavy atom. The number of thiazole rings is 1. The van der Waals surface area contributed by atoms with E-state index in [1.165, 1.54) is 11.3 Å². The molecule has 0 aliphatic carbocycles. The Hall–Kier alpha value is -1.92. The summed E-state index contributed by atoms with van der Waals surface area (Å²) >= 11 is 1.50. The van der Waals surface area contributed by atoms with Gasteiger partial charge in [0.25, 0.3) is 5.91 Å². The second-order valence-electron chi connectivity index (χ2n) is 6.63. The summed E-state index contributed by atoms with van der Waals surface area (Å²) in [6.07, 6.45) is 2.15. The molecule has 1 fully saturated rings. The molecule has 2 aromatic rings. The molecule has 0 saturated carbocycles. The van der Waals surface area contributed by atoms with E-state index in [0.29, 0.717) is 11.7 Å². The van der Waals surface area contributed by atoms with Crippen LogP contribution in [0.5, 0.6) is 5.75 Å². The van der Waals surface area contributed by atoms with Crippen molar-refractivity contribution in [2.75, 3.05) is 20.1 Å². The number of ether oxygens (including phenoxy) is 1. The van der Waals surface area contributed by atoms with E-state index in [2.05, 4.69) is 10.3 Å². The van der Waals surface area contributed by atoms with Crippen LogP contribution in [0.15, 0.2) is 29.6 Å². The van der Waals surface area contributed by atoms with E-state index in [-0.39, 0.29) is 12.0 Å². The molecule has 134 valence electrons. The van der Waals surface area contributed by atoms with E-state index in [4.69, 9.17) is 4.74 Å². The first-order chi connectivity index (χ1) is 12.0. The third-order valence-electron chi connectivity index (χ3n) is 4.37. The predicted octanol–water partition coefficient (Wildman–Crippen LogP) is 3.42. The fraction of sp³-hybridized carbons (Fsp3) is 0.474. The highest BCUT2D eigenvalue weighted by atomic mass is 32.1. The minimum Gasteiger partial charge on any atom is -0.491 e. The Kier molecular flexibility index (Phi) is 5.71. The number of carbonyl (C=O) groups is 1. The Labute approximate surface area is 153 Å². The van der Waals surface area contributed by atoms with Crippen LogP contribution < -0.4 is 10.1 Å². The molecule has 1 amide bonds. The van der Waals surface area contributed by atoms with Gasteiger partial charge in [0.1, 0.15) is 16.5 Å². The zero-order valence-corrected chi connectivity index (χ0v) is 15.8. The Morgan fingerprint density at radius 1 is 1.28 bits per heavy atom. The molecule has 0 atom stereocenters. The van der Waals surface area contributed by atoms with E-state index in [0.717, 1.165) is 42.3 Å². The van der Waals surface area contributed by atoms with Crippen LogP contribution in [0.1, 0.15) is 37.2 Å². The summed E-state index contributed by atoms with van der Waals surface area (Å²) in [4.78, 5) is 19.1. The molecule has 2 heterocycles. The fourth-order valence-electron chi connectivity index (χ4n) is 2.99. The molecule has 1 aromatic carbocycles. The molecule has 5 nitrogen and oxygen atoms in total. The van der Waals surface area contributed by atoms with E-state index < -0.39 is 0 Å². The highest BCUT2D eigenvalue weighted by molar-refractivity contribution is 7.13. The summed E-state index contributed by atoms with van der Waals surface area (Å²) in [5.41, 5.74) is 1.54. The summed E-state index contributed by atoms with van der Waals surface area (Å²) in [5, 5.41) is 6.04. The summed E-state index contributed by atoms with van der Waals surface area (Å²) in [7, 11) is 1.88. The average molecular weight is 359 g/mol. The van der Waals surface area contributed by atoms with Gasteiger partial charge in [-0.15, -0.1) is 11.3 Å². The van der Waals surface area contributed by atoms with Gasteiger partial charge in [-0.2, -0.15) is 0 Å². The van der Waals surface area contributed by atoms with Gasteiger partial charge in [0.2, 0.25) is 0 Å². The van der Waals surface area contributed by atoms with Crippen LogP contribution in [-0.2, 0) is 0 Å². The van der Waals surface area contributed by atoms with Crippen molar-refractivity contribution in [2.24, 2.45) is 0 Å². The average Bonchev–Trinajstić information content (AvgIpc) is 3.11. The maximum atomic E-state index is 12.7. The van der Waals surface area contributed by atoms with Gasteiger partial charge < -0.3 is 15.0 Å². The van der Waals surface area contributed by atoms with Crippen molar-refractivity contribution < 1.29 is 9.53 Å². The zero-order valence-electron chi connectivity index (χ0n) is 15.0. The largest absolute Gasteiger partial charge is 0.491 e. The van der Waals surface area contributed by atoms with E-state index in [9.17, 15) is 4.79 Å². The molecule has 1 aliphatic rings. The number of piperidine rings is 1. The first-order valence-electron chi connectivity index (χ1n) is 8.75. The zero-order chi connectivity index (χ0) is 17.8. The van der Waals surface area contributed by atoms with Crippen LogP contribution in [0.2, 0.25) is 0 Å². The molecule has 1 N–H and O–H groups in total. The summed E-state index contributed by atoms with van der Waals surface area (Å²) in [6.45, 7) is 5.95. The quantitative estimate of drug-likeness (QED) is 0.889. The topological polar surface area (TPSA) is 54.5 Å². The molecule has 25 heavy (non-hydrogen) atoms. The molecular formula is C19H25N3O2S. The number of nitrogens with one attached hydrogen (secondary N) is 1. The van der Waals surface area contributed by atoms with Crippen molar-refractivity contribution in [1.29, 1.82) is 0 Å². The van der Waals surface area contributed by atoms with Gasteiger partial charge in [-0.25, -0.2) is 4.98 Å². The lowest BCUT2D eigenvalue weighted by molar-refractivity contribution is 0.0698. The molecular weight excluding hydrogens is 334 g/mol. The molecule has 0 radical (unpaired) electrons. The first kappa shape index (κ1) is 17.9. The van der Waals surface area contributed by atoms with Gasteiger partial charge in [0.05, 0.1) is 6.10 Å². The van der Waals surface area contributed by atoms with Crippen LogP contribution in [0.25, 0.3) is 10.6 Å². The van der Waals surface area contributed by atoms with Gasteiger partial charge >= 0.3 is 0 Å². The Morgan fingerprint density at radius 3 is 2.60 bits per heavy atom. The lowest BCUT2D eigenvalue weighted by Gasteiger charge is -2.31. The van der Waals surface area contributed by atoms with Crippen molar-refractivity contribution in [1.82, 2.24) is 15.2 Å². The van der Waals surface area contributed by atoms with Crippen LogP contribution >= 0.6 is 11.3 Å². The number of nitrogens with zero attached hydrogens (tertiary/aromatic N) is 2. The highest BCUT2D eigenvalue weighted by Gasteiger charge is 2.24. The van der Waals surface area contributed by atoms with E-state index in [1.54, 1.807) is 0 Å². The van der Waals surface area contributed by atoms with Crippen molar-refractivity contribution >= 4 is 17.2 Å². The number of hydrogen-bond acceptors (Lipinski definition) is 5. The predicted molar refractivity (Wildman–Crippen MR) is 101 cm³/mol. The van der Waals surface area contributed by atoms with Crippen LogP contribution in [0.3, 0.4) is 0 Å². The third-order valence-corrected chi connectivity index (χ3v) is 5.26. The van der Waals surface area contributed by atoms with Crippen LogP contribution in [-0.4, -0.2) is 48.1 Å². The molecule has 1 aromatic heterocycles. The minimum absolute atomic E-state index is 0.00848. The number of benzene rings is 1. The molecule has 3 rings (SSSR count). The molecule has 0 spiro atoms. The molecule has 0 unspecified atom stereocenters. The maximum Gasteiger partial charge on any atom is 0.273 e. The van der Waals surface area contributed by atoms with Crippen molar-refractivity contribution in [2.45, 2.75) is 38.8 Å². The number of aromatic nitrogens is 1. The Balaban J connectivity index is 1.70. The monoisotopic (exact) mass is 359 g/mol. The fourth-order valence-corrected chi connectivity index (χ4v) is 3.79. The van der Waals surface area contributed by atoms with Crippen molar-refractivity contribution in [3.05, 3.63) is 35.3 Å². The lowest BCUT2D eigenvalue weighted by Crippen LogP contribution is -2.44. The van der Waals surface area contributed by atoms with Crippen LogP contribution in [0.4, 0.5) is 0 Å². The second-order valence-corrected chi connectivity index (χ2v) is 7.48. The second kappa shape index (κ2) is 7.97. The minimum atomic E-state index is 0.00848. The van der Waals surface area contributed by atoms with Gasteiger partial charge in [-0.1, -0.05) is 0 Å². The van der Waals surface area contributed by atoms with Crippen molar-refractivity contribution in [3.63, 3.8) is 0 Å². The number of hydrogen-bond donors (Lipinski definition) is 1. The molecule has 0 bridgehead atoms. The summed E-state index contributed by atoms with van der Waals surface area (Å²) in [5.74, 6) is 0.853. The van der Waals surface area contributed by atoms with Crippen molar-refractivity contribution in [3.8, 4) is 16.3 Å². The molecule has 1 saturated heterocycles. The number of rotatable bonds is 5. The standard InChI is InChI=1S/C19H25N3O2S/c1-13(2)24-16-6-4-14(5-7-16)18-21-17(12-25-18)19(23)22(3)15-8-10-20-11-9-15/h4-7,12-13,15,20H,8-11H2,1-3H3. The van der Waals surface area contributed by atoms with Gasteiger partial charge in [0, 0.05) is 24.0 Å². The normalized spacial score (nSPS) is 15.4. The van der Waals surface area contributed by atoms with E-state index >= 15 is 0 Å². The first-order valence-corrected chi connectivity index (χ1v) is 9.63. The highest BCUT2D eigenvalue weighted by Crippen LogP contribution is 2.27. The van der Waals surface area contributed by atoms with Gasteiger partial charge in [-0.05, 0) is 64.0 Å². The summed E-state index contributed by atoms with van der Waals surface area (Å²) < 4.78 is 5.66. The lowest BCUT2D eigenvalue weighted by atomic mass is 10.1. The summed E-state index contributed by atoms with van der Waals surface area (Å²) in [6, 6.07) is 8.16. The smallest absolute Gasteiger partial charge is 0.273 e. The van der Waals surface area contributed by atoms with Crippen LogP contribution in [0, 0.1) is 0 Å². The maximum absolute atomic E-state index is 12.7. The third kappa shape index (κ3) is 4.38. The molecule has 6 heteroatoms. The SMILES string of the molecule is CC(C)Oc1ccc(-c2nc(C(=O)N(C)C3CCNCC3)cs2)cc1.